The first kappa shape index (κ1) is 33.7. The van der Waals surface area contributed by atoms with Gasteiger partial charge in [0.1, 0.15) is 17.1 Å². The summed E-state index contributed by atoms with van der Waals surface area (Å²) in [5.41, 5.74) is 0.629. The number of halogens is 3. The third kappa shape index (κ3) is 11.5. The molecule has 0 saturated heterocycles. The lowest BCUT2D eigenvalue weighted by atomic mass is 10.0. The second kappa shape index (κ2) is 16.8. The fourth-order valence-corrected chi connectivity index (χ4v) is 4.68. The Morgan fingerprint density at radius 2 is 1.47 bits per heavy atom. The molecule has 0 amide bonds. The highest BCUT2D eigenvalue weighted by atomic mass is 19.4. The van der Waals surface area contributed by atoms with Crippen LogP contribution in [-0.2, 0) is 16.0 Å². The Morgan fingerprint density at radius 1 is 0.837 bits per heavy atom. The van der Waals surface area contributed by atoms with Crippen LogP contribution in [0.1, 0.15) is 83.6 Å². The Kier molecular flexibility index (Phi) is 13.2. The number of benzene rings is 2. The molecule has 3 rings (SSSR count). The van der Waals surface area contributed by atoms with Gasteiger partial charge in [-0.05, 0) is 56.0 Å². The van der Waals surface area contributed by atoms with Crippen molar-refractivity contribution < 1.29 is 36.6 Å². The lowest BCUT2D eigenvalue weighted by Gasteiger charge is -2.14. The zero-order valence-electron chi connectivity index (χ0n) is 25.0. The third-order valence-electron chi connectivity index (χ3n) is 7.07. The molecule has 0 N–H and O–H groups in total. The Bertz CT molecular complexity index is 1410. The molecule has 0 atom stereocenters. The molecule has 0 unspecified atom stereocenters. The predicted octanol–water partition coefficient (Wildman–Crippen LogP) is 9.32. The molecule has 0 spiro atoms. The zero-order valence-corrected chi connectivity index (χ0v) is 25.0. The Balaban J connectivity index is 1.39. The van der Waals surface area contributed by atoms with Crippen LogP contribution >= 0.6 is 0 Å². The van der Waals surface area contributed by atoms with Gasteiger partial charge >= 0.3 is 18.0 Å². The van der Waals surface area contributed by atoms with Crippen LogP contribution in [0.5, 0.6) is 11.5 Å². The van der Waals surface area contributed by atoms with Gasteiger partial charge in [-0.3, -0.25) is 0 Å². The highest BCUT2D eigenvalue weighted by molar-refractivity contribution is 5.87. The molecule has 0 aliphatic carbocycles. The molecule has 6 nitrogen and oxygen atoms in total. The number of unbranched alkanes of at least 4 members (excludes halogenated alkanes) is 9. The summed E-state index contributed by atoms with van der Waals surface area (Å²) >= 11 is 0. The quantitative estimate of drug-likeness (QED) is 0.0625. The maximum atomic E-state index is 13.0. The lowest BCUT2D eigenvalue weighted by Crippen LogP contribution is -2.18. The highest BCUT2D eigenvalue weighted by Gasteiger charge is 2.32. The third-order valence-corrected chi connectivity index (χ3v) is 7.07. The van der Waals surface area contributed by atoms with Gasteiger partial charge in [-0.25, -0.2) is 9.59 Å². The number of rotatable bonds is 18. The standard InChI is InChI=1S/C34H41F3O6/c1-4-25-15-18-28(31(21-25)43-34(35,36)37)29-22-26-16-17-27(23-30(26)42-33(29)39)40-19-13-11-9-7-5-6-8-10-12-14-20-41-32(38)24(2)3/h15-18,21-23H,2,4-14,19-20H2,1,3H3. The van der Waals surface area contributed by atoms with E-state index in [4.69, 9.17) is 13.9 Å². The Morgan fingerprint density at radius 3 is 2.07 bits per heavy atom. The van der Waals surface area contributed by atoms with Crippen LogP contribution in [0.25, 0.3) is 22.1 Å². The molecule has 0 bridgehead atoms. The average molecular weight is 603 g/mol. The van der Waals surface area contributed by atoms with Crippen LogP contribution in [0.4, 0.5) is 13.2 Å². The van der Waals surface area contributed by atoms with Crippen molar-refractivity contribution in [2.45, 2.75) is 90.8 Å². The number of aryl methyl sites for hydroxylation is 1. The first-order valence-corrected chi connectivity index (χ1v) is 15.0. The molecule has 0 radical (unpaired) electrons. The number of carbonyl (C=O) groups excluding carboxylic acids is 1. The molecule has 1 aromatic heterocycles. The summed E-state index contributed by atoms with van der Waals surface area (Å²) in [6, 6.07) is 11.0. The SMILES string of the molecule is C=C(C)C(=O)OCCCCCCCCCCCCOc1ccc2cc(-c3ccc(CC)cc3OC(F)(F)F)c(=O)oc2c1. The molecule has 0 saturated carbocycles. The molecular weight excluding hydrogens is 561 g/mol. The minimum Gasteiger partial charge on any atom is -0.493 e. The van der Waals surface area contributed by atoms with Gasteiger partial charge in [0.15, 0.2) is 0 Å². The largest absolute Gasteiger partial charge is 0.573 e. The normalized spacial score (nSPS) is 11.5. The van der Waals surface area contributed by atoms with Crippen LogP contribution in [-0.4, -0.2) is 25.5 Å². The van der Waals surface area contributed by atoms with Gasteiger partial charge in [0.25, 0.3) is 0 Å². The molecule has 0 fully saturated rings. The maximum Gasteiger partial charge on any atom is 0.573 e. The molecule has 1 heterocycles. The number of alkyl halides is 3. The van der Waals surface area contributed by atoms with E-state index in [1.165, 1.54) is 43.9 Å². The van der Waals surface area contributed by atoms with Crippen molar-refractivity contribution in [2.75, 3.05) is 13.2 Å². The van der Waals surface area contributed by atoms with Gasteiger partial charge < -0.3 is 18.6 Å². The predicted molar refractivity (Wildman–Crippen MR) is 161 cm³/mol. The van der Waals surface area contributed by atoms with Crippen molar-refractivity contribution in [1.82, 2.24) is 0 Å². The topological polar surface area (TPSA) is 75.0 Å². The van der Waals surface area contributed by atoms with Crippen LogP contribution in [0, 0.1) is 0 Å². The van der Waals surface area contributed by atoms with Gasteiger partial charge in [0, 0.05) is 22.6 Å². The lowest BCUT2D eigenvalue weighted by molar-refractivity contribution is -0.274. The molecule has 0 aliphatic heterocycles. The summed E-state index contributed by atoms with van der Waals surface area (Å²) in [5, 5.41) is 0.561. The van der Waals surface area contributed by atoms with E-state index in [2.05, 4.69) is 11.3 Å². The summed E-state index contributed by atoms with van der Waals surface area (Å²) in [5.74, 6) is -0.193. The second-order valence-corrected chi connectivity index (χ2v) is 10.7. The molecule has 9 heteroatoms. The van der Waals surface area contributed by atoms with Crippen molar-refractivity contribution in [3.63, 3.8) is 0 Å². The molecule has 0 aliphatic rings. The van der Waals surface area contributed by atoms with E-state index in [-0.39, 0.29) is 17.1 Å². The monoisotopic (exact) mass is 602 g/mol. The van der Waals surface area contributed by atoms with E-state index in [1.807, 2.05) is 6.92 Å². The number of ether oxygens (including phenoxy) is 3. The van der Waals surface area contributed by atoms with Crippen LogP contribution in [0.3, 0.4) is 0 Å². The van der Waals surface area contributed by atoms with E-state index in [9.17, 15) is 22.8 Å². The number of hydrogen-bond donors (Lipinski definition) is 0. The fourth-order valence-electron chi connectivity index (χ4n) is 4.68. The molecule has 234 valence electrons. The number of hydrogen-bond acceptors (Lipinski definition) is 6. The van der Waals surface area contributed by atoms with Crippen LogP contribution in [0.2, 0.25) is 0 Å². The second-order valence-electron chi connectivity index (χ2n) is 10.7. The van der Waals surface area contributed by atoms with Crippen molar-refractivity contribution in [3.05, 3.63) is 70.6 Å². The van der Waals surface area contributed by atoms with E-state index < -0.39 is 17.7 Å². The zero-order chi connectivity index (χ0) is 31.2. The minimum absolute atomic E-state index is 0.00956. The highest BCUT2D eigenvalue weighted by Crippen LogP contribution is 2.35. The smallest absolute Gasteiger partial charge is 0.493 e. The summed E-state index contributed by atoms with van der Waals surface area (Å²) in [6.07, 6.45) is 6.57. The first-order chi connectivity index (χ1) is 20.6. The summed E-state index contributed by atoms with van der Waals surface area (Å²) in [4.78, 5) is 24.1. The van der Waals surface area contributed by atoms with E-state index >= 15 is 0 Å². The summed E-state index contributed by atoms with van der Waals surface area (Å²) in [6.45, 7) is 8.02. The van der Waals surface area contributed by atoms with Gasteiger partial charge in [-0.1, -0.05) is 77.0 Å². The first-order valence-electron chi connectivity index (χ1n) is 15.0. The molecule has 2 aromatic carbocycles. The Hall–Kier alpha value is -3.75. The van der Waals surface area contributed by atoms with Crippen molar-refractivity contribution >= 4 is 16.9 Å². The Labute approximate surface area is 250 Å². The van der Waals surface area contributed by atoms with E-state index in [0.29, 0.717) is 47.5 Å². The van der Waals surface area contributed by atoms with Crippen LogP contribution < -0.4 is 15.1 Å². The molecule has 3 aromatic rings. The van der Waals surface area contributed by atoms with Crippen molar-refractivity contribution in [2.24, 2.45) is 0 Å². The summed E-state index contributed by atoms with van der Waals surface area (Å²) < 4.78 is 59.7. The van der Waals surface area contributed by atoms with Crippen molar-refractivity contribution in [1.29, 1.82) is 0 Å². The molecular formula is C34H41F3O6. The van der Waals surface area contributed by atoms with Crippen LogP contribution in [0.15, 0.2) is 63.8 Å². The fraction of sp³-hybridized carbons (Fsp3) is 0.471. The number of fused-ring (bicyclic) bond motifs is 1. The number of carbonyl (C=O) groups is 1. The summed E-state index contributed by atoms with van der Waals surface area (Å²) in [7, 11) is 0. The van der Waals surface area contributed by atoms with E-state index in [1.54, 1.807) is 31.2 Å². The van der Waals surface area contributed by atoms with Gasteiger partial charge in [0.05, 0.1) is 18.8 Å². The minimum atomic E-state index is -4.89. The van der Waals surface area contributed by atoms with Gasteiger partial charge in [-0.15, -0.1) is 13.2 Å². The van der Waals surface area contributed by atoms with Gasteiger partial charge in [0.2, 0.25) is 0 Å². The van der Waals surface area contributed by atoms with Gasteiger partial charge in [-0.2, -0.15) is 0 Å². The average Bonchev–Trinajstić information content (AvgIpc) is 2.96. The molecule has 43 heavy (non-hydrogen) atoms. The van der Waals surface area contributed by atoms with E-state index in [0.717, 1.165) is 38.5 Å². The maximum absolute atomic E-state index is 13.0. The van der Waals surface area contributed by atoms with Crippen molar-refractivity contribution in [3.8, 4) is 22.6 Å². The number of esters is 1.